The van der Waals surface area contributed by atoms with Crippen LogP contribution in [0.4, 0.5) is 5.69 Å². The van der Waals surface area contributed by atoms with Gasteiger partial charge in [-0.2, -0.15) is 0 Å². The molecule has 17 heavy (non-hydrogen) atoms. The molecule has 1 fully saturated rings. The predicted molar refractivity (Wildman–Crippen MR) is 73.7 cm³/mol. The third-order valence-corrected chi connectivity index (χ3v) is 3.58. The van der Waals surface area contributed by atoms with Gasteiger partial charge in [0.05, 0.1) is 0 Å². The van der Waals surface area contributed by atoms with E-state index in [-0.39, 0.29) is 0 Å². The number of aryl methyl sites for hydroxylation is 1. The molecule has 3 heteroatoms. The first-order valence-electron chi connectivity index (χ1n) is 6.37. The Hall–Kier alpha value is -1.06. The van der Waals surface area contributed by atoms with Gasteiger partial charge in [0, 0.05) is 37.9 Å². The summed E-state index contributed by atoms with van der Waals surface area (Å²) in [4.78, 5) is 4.94. The monoisotopic (exact) mass is 233 g/mol. The van der Waals surface area contributed by atoms with Crippen molar-refractivity contribution in [3.63, 3.8) is 0 Å². The van der Waals surface area contributed by atoms with Crippen molar-refractivity contribution in [3.8, 4) is 0 Å². The fourth-order valence-corrected chi connectivity index (χ4v) is 2.46. The van der Waals surface area contributed by atoms with E-state index in [1.54, 1.807) is 0 Å². The smallest absolute Gasteiger partial charge is 0.0393 e. The van der Waals surface area contributed by atoms with Gasteiger partial charge in [-0.05, 0) is 38.7 Å². The van der Waals surface area contributed by atoms with E-state index >= 15 is 0 Å². The zero-order valence-electron chi connectivity index (χ0n) is 11.1. The minimum atomic E-state index is 0.606. The van der Waals surface area contributed by atoms with E-state index in [1.807, 2.05) is 7.05 Å². The fraction of sp³-hybridized carbons (Fsp3) is 0.571. The van der Waals surface area contributed by atoms with Gasteiger partial charge in [0.2, 0.25) is 0 Å². The molecule has 1 heterocycles. The Kier molecular flexibility index (Phi) is 4.02. The van der Waals surface area contributed by atoms with Gasteiger partial charge in [0.1, 0.15) is 0 Å². The first kappa shape index (κ1) is 12.4. The summed E-state index contributed by atoms with van der Waals surface area (Å²) in [6.45, 7) is 6.59. The van der Waals surface area contributed by atoms with Gasteiger partial charge in [-0.15, -0.1) is 0 Å². The van der Waals surface area contributed by atoms with E-state index in [9.17, 15) is 0 Å². The van der Waals surface area contributed by atoms with Gasteiger partial charge in [-0.25, -0.2) is 0 Å². The van der Waals surface area contributed by atoms with Crippen LogP contribution >= 0.6 is 0 Å². The fourth-order valence-electron chi connectivity index (χ4n) is 2.46. The summed E-state index contributed by atoms with van der Waals surface area (Å²) in [7, 11) is 4.25. The van der Waals surface area contributed by atoms with Crippen molar-refractivity contribution in [3.05, 3.63) is 29.8 Å². The van der Waals surface area contributed by atoms with Gasteiger partial charge >= 0.3 is 0 Å². The van der Waals surface area contributed by atoms with Crippen molar-refractivity contribution >= 4 is 5.69 Å². The third kappa shape index (κ3) is 2.99. The Morgan fingerprint density at radius 2 is 2.18 bits per heavy atom. The Balaban J connectivity index is 2.07. The van der Waals surface area contributed by atoms with Crippen molar-refractivity contribution in [2.24, 2.45) is 0 Å². The molecule has 0 saturated carbocycles. The van der Waals surface area contributed by atoms with Crippen molar-refractivity contribution in [1.82, 2.24) is 10.2 Å². The maximum atomic E-state index is 3.28. The molecule has 1 aliphatic rings. The van der Waals surface area contributed by atoms with Gasteiger partial charge < -0.3 is 10.2 Å². The highest BCUT2D eigenvalue weighted by Crippen LogP contribution is 2.19. The van der Waals surface area contributed by atoms with Crippen LogP contribution < -0.4 is 10.2 Å². The Morgan fingerprint density at radius 1 is 1.35 bits per heavy atom. The maximum absolute atomic E-state index is 3.28. The Morgan fingerprint density at radius 3 is 2.88 bits per heavy atom. The lowest BCUT2D eigenvalue weighted by Crippen LogP contribution is -2.54. The van der Waals surface area contributed by atoms with Crippen molar-refractivity contribution in [2.75, 3.05) is 45.2 Å². The molecule has 0 bridgehead atoms. The van der Waals surface area contributed by atoms with E-state index in [0.29, 0.717) is 6.04 Å². The molecule has 94 valence electrons. The van der Waals surface area contributed by atoms with Crippen LogP contribution in [-0.2, 0) is 0 Å². The lowest BCUT2D eigenvalue weighted by molar-refractivity contribution is 0.216. The van der Waals surface area contributed by atoms with E-state index in [0.717, 1.165) is 26.2 Å². The minimum absolute atomic E-state index is 0.606. The zero-order chi connectivity index (χ0) is 12.3. The minimum Gasteiger partial charge on any atom is -0.369 e. The Labute approximate surface area is 104 Å². The molecular weight excluding hydrogens is 210 g/mol. The average molecular weight is 233 g/mol. The van der Waals surface area contributed by atoms with Crippen LogP contribution in [0, 0.1) is 6.92 Å². The summed E-state index contributed by atoms with van der Waals surface area (Å²) in [6.07, 6.45) is 0. The third-order valence-electron chi connectivity index (χ3n) is 3.58. The molecule has 0 aromatic heterocycles. The van der Waals surface area contributed by atoms with Crippen molar-refractivity contribution in [2.45, 2.75) is 13.0 Å². The van der Waals surface area contributed by atoms with Crippen LogP contribution in [0.3, 0.4) is 0 Å². The number of nitrogens with one attached hydrogen (secondary N) is 1. The molecule has 0 aliphatic carbocycles. The number of benzene rings is 1. The number of likely N-dealkylation sites (N-methyl/N-ethyl adjacent to an activating group) is 2. The summed E-state index contributed by atoms with van der Waals surface area (Å²) in [5.41, 5.74) is 2.70. The topological polar surface area (TPSA) is 18.5 Å². The lowest BCUT2D eigenvalue weighted by atomic mass is 10.1. The van der Waals surface area contributed by atoms with E-state index in [1.165, 1.54) is 11.3 Å². The predicted octanol–water partition coefficient (Wildman–Crippen LogP) is 1.33. The van der Waals surface area contributed by atoms with Gasteiger partial charge in [-0.1, -0.05) is 12.1 Å². The standard InChI is InChI=1S/C14H23N3/c1-12-5-4-6-13(9-12)17-8-7-16(3)14(11-17)10-15-2/h4-6,9,14-15H,7-8,10-11H2,1-3H3. The summed E-state index contributed by atoms with van der Waals surface area (Å²) >= 11 is 0. The Bertz CT molecular complexity index is 364. The molecule has 1 N–H and O–H groups in total. The second-order valence-corrected chi connectivity index (χ2v) is 4.98. The molecule has 1 aromatic rings. The van der Waals surface area contributed by atoms with Crippen LogP contribution in [0.15, 0.2) is 24.3 Å². The highest BCUT2D eigenvalue weighted by molar-refractivity contribution is 5.49. The molecule has 0 spiro atoms. The first-order valence-corrected chi connectivity index (χ1v) is 6.37. The molecule has 3 nitrogen and oxygen atoms in total. The molecule has 1 atom stereocenters. The van der Waals surface area contributed by atoms with Gasteiger partial charge in [0.25, 0.3) is 0 Å². The number of piperazine rings is 1. The summed E-state index contributed by atoms with van der Waals surface area (Å²) in [6, 6.07) is 9.41. The van der Waals surface area contributed by atoms with Crippen molar-refractivity contribution in [1.29, 1.82) is 0 Å². The first-order chi connectivity index (χ1) is 8.20. The van der Waals surface area contributed by atoms with Crippen LogP contribution in [0.25, 0.3) is 0 Å². The molecule has 2 rings (SSSR count). The summed E-state index contributed by atoms with van der Waals surface area (Å²) in [5, 5.41) is 3.28. The van der Waals surface area contributed by atoms with E-state index < -0.39 is 0 Å². The number of hydrogen-bond acceptors (Lipinski definition) is 3. The largest absolute Gasteiger partial charge is 0.369 e. The molecule has 1 aromatic carbocycles. The second kappa shape index (κ2) is 5.52. The SMILES string of the molecule is CNCC1CN(c2cccc(C)c2)CCN1C. The second-order valence-electron chi connectivity index (χ2n) is 4.98. The molecule has 1 unspecified atom stereocenters. The van der Waals surface area contributed by atoms with Crippen LogP contribution in [-0.4, -0.2) is 51.2 Å². The molecule has 0 radical (unpaired) electrons. The number of rotatable bonds is 3. The number of hydrogen-bond donors (Lipinski definition) is 1. The van der Waals surface area contributed by atoms with Crippen LogP contribution in [0.2, 0.25) is 0 Å². The number of anilines is 1. The number of nitrogens with zero attached hydrogens (tertiary/aromatic N) is 2. The van der Waals surface area contributed by atoms with E-state index in [2.05, 4.69) is 53.4 Å². The molecule has 1 saturated heterocycles. The molecule has 1 aliphatic heterocycles. The van der Waals surface area contributed by atoms with Gasteiger partial charge in [-0.3, -0.25) is 4.90 Å². The van der Waals surface area contributed by atoms with Crippen molar-refractivity contribution < 1.29 is 0 Å². The normalized spacial score (nSPS) is 21.8. The zero-order valence-corrected chi connectivity index (χ0v) is 11.1. The average Bonchev–Trinajstić information content (AvgIpc) is 2.32. The highest BCUT2D eigenvalue weighted by atomic mass is 15.3. The maximum Gasteiger partial charge on any atom is 0.0393 e. The lowest BCUT2D eigenvalue weighted by Gasteiger charge is -2.40. The quantitative estimate of drug-likeness (QED) is 0.850. The van der Waals surface area contributed by atoms with E-state index in [4.69, 9.17) is 0 Å². The molecule has 0 amide bonds. The van der Waals surface area contributed by atoms with Gasteiger partial charge in [0.15, 0.2) is 0 Å². The summed E-state index contributed by atoms with van der Waals surface area (Å²) in [5.74, 6) is 0. The van der Waals surface area contributed by atoms with Crippen LogP contribution in [0.1, 0.15) is 5.56 Å². The molecular formula is C14H23N3. The van der Waals surface area contributed by atoms with Crippen LogP contribution in [0.5, 0.6) is 0 Å². The summed E-state index contributed by atoms with van der Waals surface area (Å²) < 4.78 is 0. The highest BCUT2D eigenvalue weighted by Gasteiger charge is 2.23.